The Morgan fingerprint density at radius 3 is 2.70 bits per heavy atom. The van der Waals surface area contributed by atoms with Crippen LogP contribution in [-0.2, 0) is 0 Å². The van der Waals surface area contributed by atoms with Gasteiger partial charge in [-0.3, -0.25) is 4.79 Å². The van der Waals surface area contributed by atoms with Gasteiger partial charge in [0.2, 0.25) is 0 Å². The third kappa shape index (κ3) is 2.96. The van der Waals surface area contributed by atoms with Gasteiger partial charge in [0.1, 0.15) is 5.75 Å². The van der Waals surface area contributed by atoms with Gasteiger partial charge in [-0.1, -0.05) is 23.5 Å². The quantitative estimate of drug-likeness (QED) is 0.534. The van der Waals surface area contributed by atoms with Crippen LogP contribution in [0.3, 0.4) is 0 Å². The summed E-state index contributed by atoms with van der Waals surface area (Å²) in [5.41, 5.74) is 3.65. The number of anilines is 1. The molecule has 0 atom stereocenters. The molecule has 5 nitrogen and oxygen atoms in total. The van der Waals surface area contributed by atoms with E-state index in [9.17, 15) is 4.79 Å². The van der Waals surface area contributed by atoms with Gasteiger partial charge in [-0.2, -0.15) is 0 Å². The molecule has 0 aliphatic rings. The summed E-state index contributed by atoms with van der Waals surface area (Å²) in [5, 5.41) is 0. The van der Waals surface area contributed by atoms with Crippen LogP contribution in [-0.4, -0.2) is 29.6 Å². The zero-order valence-corrected chi connectivity index (χ0v) is 16.4. The largest absolute Gasteiger partial charge is 0.496 e. The number of nitrogens with zero attached hydrogens (tertiary/aromatic N) is 3. The summed E-state index contributed by atoms with van der Waals surface area (Å²) < 4.78 is 7.92. The average molecular weight is 379 g/mol. The minimum Gasteiger partial charge on any atom is -0.496 e. The molecule has 0 bridgehead atoms. The van der Waals surface area contributed by atoms with Crippen molar-refractivity contribution in [3.8, 4) is 5.75 Å². The van der Waals surface area contributed by atoms with Crippen LogP contribution in [0.5, 0.6) is 5.75 Å². The summed E-state index contributed by atoms with van der Waals surface area (Å²) >= 11 is 1.40. The van der Waals surface area contributed by atoms with E-state index in [0.29, 0.717) is 9.49 Å². The summed E-state index contributed by atoms with van der Waals surface area (Å²) in [6, 6.07) is 13.8. The fourth-order valence-electron chi connectivity index (χ4n) is 3.36. The fourth-order valence-corrected chi connectivity index (χ4v) is 4.34. The van der Waals surface area contributed by atoms with Crippen molar-refractivity contribution in [3.05, 3.63) is 62.9 Å². The smallest absolute Gasteiger partial charge is 0.274 e. The summed E-state index contributed by atoms with van der Waals surface area (Å²) in [4.78, 5) is 20.5. The van der Waals surface area contributed by atoms with E-state index in [4.69, 9.17) is 4.74 Å². The second kappa shape index (κ2) is 7.04. The Labute approximate surface area is 161 Å². The van der Waals surface area contributed by atoms with Gasteiger partial charge < -0.3 is 9.64 Å². The Kier molecular flexibility index (Phi) is 4.58. The van der Waals surface area contributed by atoms with E-state index < -0.39 is 0 Å². The van der Waals surface area contributed by atoms with Crippen LogP contribution in [0.15, 0.2) is 47.3 Å². The molecule has 2 aromatic carbocycles. The first-order valence-corrected chi connectivity index (χ1v) is 9.82. The Balaban J connectivity index is 1.86. The first-order valence-electron chi connectivity index (χ1n) is 9.01. The van der Waals surface area contributed by atoms with Crippen molar-refractivity contribution in [2.24, 2.45) is 0 Å². The van der Waals surface area contributed by atoms with E-state index in [-0.39, 0.29) is 5.56 Å². The molecule has 2 heterocycles. The number of thiazole rings is 1. The molecule has 0 saturated heterocycles. The van der Waals surface area contributed by atoms with Gasteiger partial charge in [0.05, 0.1) is 22.7 Å². The van der Waals surface area contributed by atoms with Crippen molar-refractivity contribution in [2.45, 2.75) is 13.8 Å². The lowest BCUT2D eigenvalue weighted by atomic mass is 10.1. The zero-order chi connectivity index (χ0) is 19.0. The van der Waals surface area contributed by atoms with E-state index in [1.807, 2.05) is 42.5 Å². The molecule has 0 saturated carbocycles. The van der Waals surface area contributed by atoms with E-state index in [2.05, 4.69) is 29.8 Å². The lowest BCUT2D eigenvalue weighted by molar-refractivity contribution is 0.414. The summed E-state index contributed by atoms with van der Waals surface area (Å²) in [7, 11) is 1.66. The standard InChI is InChI=1S/C21H21N3O2S/c1-4-23(5-2)15-11-10-14(18(13-15)26-3)12-19-20(25)24-17-9-7-6-8-16(17)22-21(24)27-19/h6-13H,4-5H2,1-3H3. The monoisotopic (exact) mass is 379 g/mol. The van der Waals surface area contributed by atoms with Crippen LogP contribution >= 0.6 is 11.3 Å². The first kappa shape index (κ1) is 17.5. The Bertz CT molecular complexity index is 1220. The SMILES string of the molecule is CCN(CC)c1ccc(C=c2sc3nc4ccccc4n3c2=O)c(OC)c1. The summed E-state index contributed by atoms with van der Waals surface area (Å²) in [6.07, 6.45) is 1.89. The third-order valence-corrected chi connectivity index (χ3v) is 5.75. The second-order valence-corrected chi connectivity index (χ2v) is 7.24. The maximum absolute atomic E-state index is 12.9. The van der Waals surface area contributed by atoms with E-state index in [0.717, 1.165) is 41.1 Å². The van der Waals surface area contributed by atoms with Gasteiger partial charge in [-0.15, -0.1) is 0 Å². The molecule has 0 amide bonds. The van der Waals surface area contributed by atoms with Crippen molar-refractivity contribution < 1.29 is 4.74 Å². The molecular formula is C21H21N3O2S. The third-order valence-electron chi connectivity index (χ3n) is 4.78. The predicted octanol–water partition coefficient (Wildman–Crippen LogP) is 3.31. The number of fused-ring (bicyclic) bond motifs is 3. The lowest BCUT2D eigenvalue weighted by Crippen LogP contribution is -2.23. The van der Waals surface area contributed by atoms with Crippen LogP contribution in [0.1, 0.15) is 19.4 Å². The van der Waals surface area contributed by atoms with Crippen molar-refractivity contribution in [2.75, 3.05) is 25.1 Å². The molecule has 0 unspecified atom stereocenters. The molecule has 0 radical (unpaired) electrons. The number of rotatable bonds is 5. The van der Waals surface area contributed by atoms with Gasteiger partial charge >= 0.3 is 0 Å². The molecule has 0 fully saturated rings. The van der Waals surface area contributed by atoms with Crippen LogP contribution in [0.2, 0.25) is 0 Å². The van der Waals surface area contributed by atoms with E-state index in [1.54, 1.807) is 11.5 Å². The summed E-state index contributed by atoms with van der Waals surface area (Å²) in [6.45, 7) is 6.13. The van der Waals surface area contributed by atoms with Crippen LogP contribution in [0, 0.1) is 0 Å². The molecule has 0 N–H and O–H groups in total. The van der Waals surface area contributed by atoms with Gasteiger partial charge in [0.25, 0.3) is 5.56 Å². The second-order valence-electron chi connectivity index (χ2n) is 6.23. The molecule has 27 heavy (non-hydrogen) atoms. The fraction of sp³-hybridized carbons (Fsp3) is 0.238. The molecular weight excluding hydrogens is 358 g/mol. The number of aromatic nitrogens is 2. The van der Waals surface area contributed by atoms with Crippen LogP contribution < -0.4 is 19.7 Å². The highest BCUT2D eigenvalue weighted by molar-refractivity contribution is 7.15. The maximum Gasteiger partial charge on any atom is 0.274 e. The number of benzene rings is 2. The molecule has 4 aromatic rings. The molecule has 2 aromatic heterocycles. The van der Waals surface area contributed by atoms with Gasteiger partial charge in [-0.05, 0) is 44.2 Å². The van der Waals surface area contributed by atoms with Crippen LogP contribution in [0.25, 0.3) is 22.1 Å². The number of hydrogen-bond donors (Lipinski definition) is 0. The Morgan fingerprint density at radius 2 is 1.96 bits per heavy atom. The predicted molar refractivity (Wildman–Crippen MR) is 112 cm³/mol. The van der Waals surface area contributed by atoms with Gasteiger partial charge in [-0.25, -0.2) is 9.38 Å². The highest BCUT2D eigenvalue weighted by Crippen LogP contribution is 2.26. The first-order chi connectivity index (χ1) is 13.2. The summed E-state index contributed by atoms with van der Waals surface area (Å²) in [5.74, 6) is 0.759. The minimum absolute atomic E-state index is 0.0430. The normalized spacial score (nSPS) is 12.2. The molecule has 138 valence electrons. The Hall–Kier alpha value is -2.86. The number of methoxy groups -OCH3 is 1. The van der Waals surface area contributed by atoms with Crippen LogP contribution in [0.4, 0.5) is 5.69 Å². The number of imidazole rings is 1. The van der Waals surface area contributed by atoms with Gasteiger partial charge in [0.15, 0.2) is 4.96 Å². The molecule has 0 spiro atoms. The van der Waals surface area contributed by atoms with Crippen molar-refractivity contribution in [1.82, 2.24) is 9.38 Å². The maximum atomic E-state index is 12.9. The Morgan fingerprint density at radius 1 is 1.19 bits per heavy atom. The molecule has 4 rings (SSSR count). The molecule has 6 heteroatoms. The molecule has 0 aliphatic heterocycles. The highest BCUT2D eigenvalue weighted by atomic mass is 32.1. The number of para-hydroxylation sites is 2. The van der Waals surface area contributed by atoms with Gasteiger partial charge in [0, 0.05) is 30.4 Å². The number of hydrogen-bond acceptors (Lipinski definition) is 5. The lowest BCUT2D eigenvalue weighted by Gasteiger charge is -2.22. The minimum atomic E-state index is -0.0430. The highest BCUT2D eigenvalue weighted by Gasteiger charge is 2.12. The van der Waals surface area contributed by atoms with E-state index in [1.165, 1.54) is 11.3 Å². The molecule has 0 aliphatic carbocycles. The van der Waals surface area contributed by atoms with Crippen molar-refractivity contribution in [3.63, 3.8) is 0 Å². The van der Waals surface area contributed by atoms with Crippen molar-refractivity contribution in [1.29, 1.82) is 0 Å². The average Bonchev–Trinajstić information content (AvgIpc) is 3.20. The zero-order valence-electron chi connectivity index (χ0n) is 15.6. The topological polar surface area (TPSA) is 46.8 Å². The van der Waals surface area contributed by atoms with E-state index >= 15 is 0 Å². The van der Waals surface area contributed by atoms with Crippen molar-refractivity contribution >= 4 is 39.1 Å². The number of ether oxygens (including phenoxy) is 1.